The fourth-order valence-corrected chi connectivity index (χ4v) is 4.49. The molecule has 3 amide bonds. The Labute approximate surface area is 190 Å². The molecule has 0 radical (unpaired) electrons. The number of benzene rings is 1. The van der Waals surface area contributed by atoms with Crippen LogP contribution >= 0.6 is 22.9 Å². The molecule has 1 aliphatic heterocycles. The second-order valence-corrected chi connectivity index (χ2v) is 9.86. The molecular weight excluding hydrogens is 438 g/mol. The van der Waals surface area contributed by atoms with Crippen molar-refractivity contribution >= 4 is 46.3 Å². The molecule has 1 fully saturated rings. The highest BCUT2D eigenvalue weighted by Crippen LogP contribution is 2.24. The maximum absolute atomic E-state index is 12.9. The molecule has 0 spiro atoms. The van der Waals surface area contributed by atoms with Crippen LogP contribution in [0.25, 0.3) is 0 Å². The summed E-state index contributed by atoms with van der Waals surface area (Å²) in [5.74, 6) is -0.880. The van der Waals surface area contributed by atoms with Crippen molar-refractivity contribution in [2.75, 3.05) is 18.5 Å². The van der Waals surface area contributed by atoms with Gasteiger partial charge in [0.05, 0.1) is 21.9 Å². The number of hydrogen-bond acceptors (Lipinski definition) is 5. The van der Waals surface area contributed by atoms with E-state index in [1.54, 1.807) is 56.0 Å². The smallest absolute Gasteiger partial charge is 0.262 e. The second kappa shape index (κ2) is 9.38. The number of aryl methyl sites for hydroxylation is 1. The number of nitrogens with zero attached hydrogens (tertiary/aromatic N) is 1. The zero-order valence-electron chi connectivity index (χ0n) is 17.7. The Morgan fingerprint density at radius 2 is 2.00 bits per heavy atom. The Bertz CT molecular complexity index is 1000. The lowest BCUT2D eigenvalue weighted by Crippen LogP contribution is -2.52. The van der Waals surface area contributed by atoms with Gasteiger partial charge in [0.2, 0.25) is 5.91 Å². The highest BCUT2D eigenvalue weighted by atomic mass is 35.5. The van der Waals surface area contributed by atoms with Gasteiger partial charge in [-0.15, -0.1) is 11.3 Å². The minimum atomic E-state index is -1.17. The molecule has 3 N–H and O–H groups in total. The van der Waals surface area contributed by atoms with Gasteiger partial charge in [0, 0.05) is 17.8 Å². The Morgan fingerprint density at radius 3 is 2.61 bits per heavy atom. The summed E-state index contributed by atoms with van der Waals surface area (Å²) in [6.07, 6.45) is 1.68. The van der Waals surface area contributed by atoms with E-state index in [0.29, 0.717) is 27.0 Å². The standard InChI is InChI=1S/C22H26ClN3O4S/c1-13-11-14(6-7-16(13)20(29)26-10-4-5-15(26)12-27)24-21(30)22(2,3)25-19(28)17-8-9-18(23)31-17/h6-9,11,15,27H,4-5,10,12H2,1-3H3,(H,24,30)(H,25,28)/t15-/m0/s1. The summed E-state index contributed by atoms with van der Waals surface area (Å²) in [6, 6.07) is 8.17. The van der Waals surface area contributed by atoms with E-state index in [2.05, 4.69) is 10.6 Å². The molecule has 2 heterocycles. The zero-order chi connectivity index (χ0) is 22.8. The van der Waals surface area contributed by atoms with E-state index in [4.69, 9.17) is 11.6 Å². The molecule has 0 unspecified atom stereocenters. The number of rotatable bonds is 6. The number of likely N-dealkylation sites (tertiary alicyclic amines) is 1. The molecule has 1 aromatic carbocycles. The number of nitrogens with one attached hydrogen (secondary N) is 2. The number of hydrogen-bond donors (Lipinski definition) is 3. The third-order valence-corrected chi connectivity index (χ3v) is 6.58. The van der Waals surface area contributed by atoms with Crippen LogP contribution in [0.5, 0.6) is 0 Å². The Kier molecular flexibility index (Phi) is 7.03. The van der Waals surface area contributed by atoms with Crippen molar-refractivity contribution in [3.05, 3.63) is 50.7 Å². The van der Waals surface area contributed by atoms with Gasteiger partial charge >= 0.3 is 0 Å². The molecule has 0 saturated carbocycles. The summed E-state index contributed by atoms with van der Waals surface area (Å²) >= 11 is 7.01. The van der Waals surface area contributed by atoms with Gasteiger partial charge in [-0.05, 0) is 69.5 Å². The molecule has 0 aliphatic carbocycles. The van der Waals surface area contributed by atoms with Crippen molar-refractivity contribution in [2.45, 2.75) is 45.2 Å². The van der Waals surface area contributed by atoms with Crippen molar-refractivity contribution < 1.29 is 19.5 Å². The molecule has 166 valence electrons. The molecule has 1 aliphatic rings. The maximum atomic E-state index is 12.9. The van der Waals surface area contributed by atoms with Crippen LogP contribution in [-0.2, 0) is 4.79 Å². The van der Waals surface area contributed by atoms with Crippen molar-refractivity contribution in [2.24, 2.45) is 0 Å². The van der Waals surface area contributed by atoms with Gasteiger partial charge in [-0.25, -0.2) is 0 Å². The molecule has 1 saturated heterocycles. The van der Waals surface area contributed by atoms with Gasteiger partial charge in [-0.3, -0.25) is 14.4 Å². The average molecular weight is 464 g/mol. The molecule has 0 bridgehead atoms. The van der Waals surface area contributed by atoms with Crippen LogP contribution in [-0.4, -0.2) is 52.5 Å². The summed E-state index contributed by atoms with van der Waals surface area (Å²) in [6.45, 7) is 5.62. The highest BCUT2D eigenvalue weighted by molar-refractivity contribution is 7.18. The topological polar surface area (TPSA) is 98.7 Å². The van der Waals surface area contributed by atoms with E-state index >= 15 is 0 Å². The Balaban J connectivity index is 1.68. The van der Waals surface area contributed by atoms with E-state index < -0.39 is 5.54 Å². The third-order valence-electron chi connectivity index (χ3n) is 5.35. The predicted octanol–water partition coefficient (Wildman–Crippen LogP) is 3.45. The van der Waals surface area contributed by atoms with E-state index in [1.807, 2.05) is 0 Å². The van der Waals surface area contributed by atoms with Crippen LogP contribution in [0.2, 0.25) is 4.34 Å². The first-order valence-corrected chi connectivity index (χ1v) is 11.2. The maximum Gasteiger partial charge on any atom is 0.262 e. The second-order valence-electron chi connectivity index (χ2n) is 8.14. The normalized spacial score (nSPS) is 16.3. The third kappa shape index (κ3) is 5.26. The monoisotopic (exact) mass is 463 g/mol. The van der Waals surface area contributed by atoms with E-state index in [9.17, 15) is 19.5 Å². The zero-order valence-corrected chi connectivity index (χ0v) is 19.3. The van der Waals surface area contributed by atoms with Crippen molar-refractivity contribution in [3.8, 4) is 0 Å². The highest BCUT2D eigenvalue weighted by Gasteiger charge is 2.31. The number of thiophene rings is 1. The fraction of sp³-hybridized carbons (Fsp3) is 0.409. The molecule has 3 rings (SSSR count). The van der Waals surface area contributed by atoms with Crippen molar-refractivity contribution in [1.29, 1.82) is 0 Å². The summed E-state index contributed by atoms with van der Waals surface area (Å²) in [5.41, 5.74) is 0.627. The first-order valence-electron chi connectivity index (χ1n) is 10.0. The van der Waals surface area contributed by atoms with Crippen LogP contribution in [0.4, 0.5) is 5.69 Å². The predicted molar refractivity (Wildman–Crippen MR) is 122 cm³/mol. The van der Waals surface area contributed by atoms with Crippen LogP contribution < -0.4 is 10.6 Å². The number of amides is 3. The Hall–Kier alpha value is -2.42. The quantitative estimate of drug-likeness (QED) is 0.611. The molecule has 1 atom stereocenters. The van der Waals surface area contributed by atoms with Gasteiger partial charge in [0.15, 0.2) is 0 Å². The molecular formula is C22H26ClN3O4S. The van der Waals surface area contributed by atoms with Gasteiger partial charge in [-0.1, -0.05) is 11.6 Å². The molecule has 7 nitrogen and oxygen atoms in total. The van der Waals surface area contributed by atoms with Gasteiger partial charge in [0.25, 0.3) is 11.8 Å². The van der Waals surface area contributed by atoms with Crippen molar-refractivity contribution in [3.63, 3.8) is 0 Å². The first-order chi connectivity index (χ1) is 14.6. The van der Waals surface area contributed by atoms with Crippen LogP contribution in [0, 0.1) is 6.92 Å². The minimum Gasteiger partial charge on any atom is -0.394 e. The van der Waals surface area contributed by atoms with Gasteiger partial charge in [-0.2, -0.15) is 0 Å². The number of halogens is 1. The lowest BCUT2D eigenvalue weighted by Gasteiger charge is -2.26. The fourth-order valence-electron chi connectivity index (χ4n) is 3.55. The Morgan fingerprint density at radius 1 is 1.26 bits per heavy atom. The minimum absolute atomic E-state index is 0.0442. The van der Waals surface area contributed by atoms with E-state index in [1.165, 1.54) is 0 Å². The number of anilines is 1. The number of carbonyl (C=O) groups excluding carboxylic acids is 3. The average Bonchev–Trinajstić information content (AvgIpc) is 3.36. The molecule has 31 heavy (non-hydrogen) atoms. The van der Waals surface area contributed by atoms with Crippen LogP contribution in [0.1, 0.15) is 52.3 Å². The summed E-state index contributed by atoms with van der Waals surface area (Å²) < 4.78 is 0.497. The lowest BCUT2D eigenvalue weighted by atomic mass is 10.0. The number of aliphatic hydroxyl groups is 1. The summed E-state index contributed by atoms with van der Waals surface area (Å²) in [7, 11) is 0. The SMILES string of the molecule is Cc1cc(NC(=O)C(C)(C)NC(=O)c2ccc(Cl)s2)ccc1C(=O)N1CCC[C@H]1CO. The van der Waals surface area contributed by atoms with E-state index in [0.717, 1.165) is 29.7 Å². The first kappa shape index (κ1) is 23.2. The lowest BCUT2D eigenvalue weighted by molar-refractivity contribution is -0.120. The largest absolute Gasteiger partial charge is 0.394 e. The number of carbonyl (C=O) groups is 3. The molecule has 1 aromatic heterocycles. The van der Waals surface area contributed by atoms with E-state index in [-0.39, 0.29) is 30.4 Å². The van der Waals surface area contributed by atoms with Crippen molar-refractivity contribution in [1.82, 2.24) is 10.2 Å². The summed E-state index contributed by atoms with van der Waals surface area (Å²) in [4.78, 5) is 40.1. The van der Waals surface area contributed by atoms with Crippen LogP contribution in [0.3, 0.4) is 0 Å². The van der Waals surface area contributed by atoms with Gasteiger partial charge in [0.1, 0.15) is 5.54 Å². The van der Waals surface area contributed by atoms with Gasteiger partial charge < -0.3 is 20.6 Å². The summed E-state index contributed by atoms with van der Waals surface area (Å²) in [5, 5.41) is 15.0. The number of aliphatic hydroxyl groups excluding tert-OH is 1. The molecule has 2 aromatic rings. The van der Waals surface area contributed by atoms with Crippen LogP contribution in [0.15, 0.2) is 30.3 Å². The molecule has 9 heteroatoms.